The van der Waals surface area contributed by atoms with Crippen LogP contribution in [0.1, 0.15) is 12.5 Å². The molecule has 0 unspecified atom stereocenters. The van der Waals surface area contributed by atoms with Crippen LogP contribution < -0.4 is 4.74 Å². The number of aliphatic hydroxyl groups is 1. The number of rotatable bonds is 4. The molecule has 0 spiro atoms. The third kappa shape index (κ3) is 2.59. The summed E-state index contributed by atoms with van der Waals surface area (Å²) in [5.74, 6) is 0.177. The van der Waals surface area contributed by atoms with Crippen LogP contribution in [0.2, 0.25) is 0 Å². The van der Waals surface area contributed by atoms with Gasteiger partial charge in [0.1, 0.15) is 5.82 Å². The van der Waals surface area contributed by atoms with E-state index in [2.05, 4.69) is 10.1 Å². The Morgan fingerprint density at radius 2 is 2.29 bits per heavy atom. The van der Waals surface area contributed by atoms with Crippen molar-refractivity contribution < 1.29 is 14.2 Å². The lowest BCUT2D eigenvalue weighted by Crippen LogP contribution is -1.96. The van der Waals surface area contributed by atoms with Crippen LogP contribution in [0.3, 0.4) is 0 Å². The van der Waals surface area contributed by atoms with Gasteiger partial charge in [0.15, 0.2) is 5.75 Å². The number of pyridine rings is 1. The van der Waals surface area contributed by atoms with Crippen molar-refractivity contribution in [3.8, 4) is 11.6 Å². The van der Waals surface area contributed by atoms with Crippen molar-refractivity contribution in [3.05, 3.63) is 36.0 Å². The smallest absolute Gasteiger partial charge is 0.225 e. The van der Waals surface area contributed by atoms with E-state index in [-0.39, 0.29) is 12.5 Å². The van der Waals surface area contributed by atoms with Gasteiger partial charge >= 0.3 is 0 Å². The van der Waals surface area contributed by atoms with Crippen molar-refractivity contribution in [1.29, 1.82) is 0 Å². The maximum Gasteiger partial charge on any atom is 0.225 e. The van der Waals surface area contributed by atoms with Gasteiger partial charge in [0, 0.05) is 12.1 Å². The zero-order valence-electron chi connectivity index (χ0n) is 9.30. The molecule has 90 valence electrons. The molecular formula is C11H12FN3O2. The predicted molar refractivity (Wildman–Crippen MR) is 58.1 cm³/mol. The molecule has 0 radical (unpaired) electrons. The van der Waals surface area contributed by atoms with Crippen molar-refractivity contribution >= 4 is 0 Å². The third-order valence-corrected chi connectivity index (χ3v) is 2.21. The third-order valence-electron chi connectivity index (χ3n) is 2.21. The molecule has 1 N–H and O–H groups in total. The van der Waals surface area contributed by atoms with Crippen LogP contribution in [0.5, 0.6) is 11.6 Å². The largest absolute Gasteiger partial charge is 0.435 e. The van der Waals surface area contributed by atoms with Crippen LogP contribution in [0.4, 0.5) is 4.39 Å². The molecule has 0 aromatic carbocycles. The van der Waals surface area contributed by atoms with E-state index in [1.807, 2.05) is 6.92 Å². The van der Waals surface area contributed by atoms with Gasteiger partial charge in [-0.25, -0.2) is 9.37 Å². The van der Waals surface area contributed by atoms with Gasteiger partial charge in [-0.05, 0) is 13.0 Å². The minimum atomic E-state index is -0.509. The first-order valence-corrected chi connectivity index (χ1v) is 5.18. The standard InChI is InChI=1S/C11H12FN3O2/c1-2-15-6-10(5-14-15)17-11-8(7-16)3-9(12)4-13-11/h3-6,16H,2,7H2,1H3. The fraction of sp³-hybridized carbons (Fsp3) is 0.273. The van der Waals surface area contributed by atoms with E-state index >= 15 is 0 Å². The molecule has 0 aliphatic carbocycles. The fourth-order valence-corrected chi connectivity index (χ4v) is 1.36. The first-order chi connectivity index (χ1) is 8.22. The number of ether oxygens (including phenoxy) is 1. The van der Waals surface area contributed by atoms with Crippen molar-refractivity contribution in [2.45, 2.75) is 20.1 Å². The second-order valence-corrected chi connectivity index (χ2v) is 3.41. The van der Waals surface area contributed by atoms with E-state index in [1.165, 1.54) is 12.3 Å². The molecule has 17 heavy (non-hydrogen) atoms. The van der Waals surface area contributed by atoms with Gasteiger partial charge in [-0.1, -0.05) is 0 Å². The monoisotopic (exact) mass is 237 g/mol. The summed E-state index contributed by atoms with van der Waals surface area (Å²) in [4.78, 5) is 3.79. The molecule has 0 aliphatic heterocycles. The lowest BCUT2D eigenvalue weighted by atomic mass is 10.3. The minimum Gasteiger partial charge on any atom is -0.435 e. The van der Waals surface area contributed by atoms with Crippen molar-refractivity contribution in [1.82, 2.24) is 14.8 Å². The number of halogens is 1. The second-order valence-electron chi connectivity index (χ2n) is 3.41. The van der Waals surface area contributed by atoms with Crippen LogP contribution in [0, 0.1) is 5.82 Å². The Morgan fingerprint density at radius 3 is 2.94 bits per heavy atom. The van der Waals surface area contributed by atoms with Gasteiger partial charge in [0.2, 0.25) is 5.88 Å². The Balaban J connectivity index is 2.23. The number of hydrogen-bond donors (Lipinski definition) is 1. The number of aromatic nitrogens is 3. The fourth-order valence-electron chi connectivity index (χ4n) is 1.36. The van der Waals surface area contributed by atoms with Gasteiger partial charge in [-0.15, -0.1) is 0 Å². The van der Waals surface area contributed by atoms with E-state index in [4.69, 9.17) is 9.84 Å². The Kier molecular flexibility index (Phi) is 3.34. The summed E-state index contributed by atoms with van der Waals surface area (Å²) >= 11 is 0. The summed E-state index contributed by atoms with van der Waals surface area (Å²) in [6.45, 7) is 2.35. The Labute approximate surface area is 97.5 Å². The average Bonchev–Trinajstić information content (AvgIpc) is 2.79. The molecule has 2 rings (SSSR count). The van der Waals surface area contributed by atoms with Crippen LogP contribution in [-0.4, -0.2) is 19.9 Å². The number of nitrogens with zero attached hydrogens (tertiary/aromatic N) is 3. The summed E-state index contributed by atoms with van der Waals surface area (Å²) < 4.78 is 20.0. The van der Waals surface area contributed by atoms with Crippen molar-refractivity contribution in [2.24, 2.45) is 0 Å². The molecular weight excluding hydrogens is 225 g/mol. The highest BCUT2D eigenvalue weighted by Gasteiger charge is 2.08. The van der Waals surface area contributed by atoms with E-state index < -0.39 is 5.82 Å². The lowest BCUT2D eigenvalue weighted by molar-refractivity contribution is 0.274. The topological polar surface area (TPSA) is 60.2 Å². The molecule has 0 atom stereocenters. The zero-order valence-corrected chi connectivity index (χ0v) is 9.30. The molecule has 2 heterocycles. The van der Waals surface area contributed by atoms with Crippen LogP contribution in [0.15, 0.2) is 24.7 Å². The molecule has 0 fully saturated rings. The van der Waals surface area contributed by atoms with Crippen molar-refractivity contribution in [2.75, 3.05) is 0 Å². The number of aryl methyl sites for hydroxylation is 1. The maximum atomic E-state index is 12.9. The average molecular weight is 237 g/mol. The maximum absolute atomic E-state index is 12.9. The highest BCUT2D eigenvalue weighted by atomic mass is 19.1. The summed E-state index contributed by atoms with van der Waals surface area (Å²) in [6.07, 6.45) is 4.28. The van der Waals surface area contributed by atoms with Gasteiger partial charge in [-0.2, -0.15) is 5.10 Å². The molecule has 0 aliphatic rings. The van der Waals surface area contributed by atoms with Crippen molar-refractivity contribution in [3.63, 3.8) is 0 Å². The molecule has 2 aromatic heterocycles. The summed E-state index contributed by atoms with van der Waals surface area (Å²) in [5, 5.41) is 13.1. The molecule has 0 amide bonds. The van der Waals surface area contributed by atoms with Crippen LogP contribution in [0.25, 0.3) is 0 Å². The first-order valence-electron chi connectivity index (χ1n) is 5.18. The van der Waals surface area contributed by atoms with E-state index in [1.54, 1.807) is 10.9 Å². The molecule has 0 saturated heterocycles. The molecule has 6 heteroatoms. The highest BCUT2D eigenvalue weighted by Crippen LogP contribution is 2.23. The zero-order chi connectivity index (χ0) is 12.3. The molecule has 2 aromatic rings. The lowest BCUT2D eigenvalue weighted by Gasteiger charge is -2.06. The SMILES string of the molecule is CCn1cc(Oc2ncc(F)cc2CO)cn1. The quantitative estimate of drug-likeness (QED) is 0.879. The molecule has 0 saturated carbocycles. The molecule has 0 bridgehead atoms. The molecule has 5 nitrogen and oxygen atoms in total. The number of aliphatic hydroxyl groups excluding tert-OH is 1. The predicted octanol–water partition coefficient (Wildman–Crippen LogP) is 1.72. The second kappa shape index (κ2) is 4.92. The Morgan fingerprint density at radius 1 is 1.47 bits per heavy atom. The highest BCUT2D eigenvalue weighted by molar-refractivity contribution is 5.29. The van der Waals surface area contributed by atoms with Gasteiger partial charge in [0.25, 0.3) is 0 Å². The Bertz CT molecular complexity index is 513. The van der Waals surface area contributed by atoms with E-state index in [0.717, 1.165) is 12.7 Å². The summed E-state index contributed by atoms with van der Waals surface area (Å²) in [7, 11) is 0. The van der Waals surface area contributed by atoms with Crippen LogP contribution in [-0.2, 0) is 13.2 Å². The summed E-state index contributed by atoms with van der Waals surface area (Å²) in [5.41, 5.74) is 0.300. The van der Waals surface area contributed by atoms with Gasteiger partial charge in [0.05, 0.1) is 25.2 Å². The minimum absolute atomic E-state index is 0.185. The summed E-state index contributed by atoms with van der Waals surface area (Å²) in [6, 6.07) is 1.19. The number of hydrogen-bond acceptors (Lipinski definition) is 4. The van der Waals surface area contributed by atoms with E-state index in [0.29, 0.717) is 11.3 Å². The van der Waals surface area contributed by atoms with E-state index in [9.17, 15) is 4.39 Å². The van der Waals surface area contributed by atoms with Crippen LogP contribution >= 0.6 is 0 Å². The first kappa shape index (κ1) is 11.5. The van der Waals surface area contributed by atoms with Gasteiger partial charge < -0.3 is 9.84 Å². The van der Waals surface area contributed by atoms with Gasteiger partial charge in [-0.3, -0.25) is 4.68 Å². The normalized spacial score (nSPS) is 10.5. The Hall–Kier alpha value is -1.95.